The number of ketones is 1. The van der Waals surface area contributed by atoms with Gasteiger partial charge in [0.2, 0.25) is 0 Å². The van der Waals surface area contributed by atoms with Crippen molar-refractivity contribution in [1.29, 1.82) is 0 Å². The fraction of sp³-hybridized carbons (Fsp3) is 0.312. The van der Waals surface area contributed by atoms with E-state index < -0.39 is 17.7 Å². The van der Waals surface area contributed by atoms with E-state index in [-0.39, 0.29) is 11.3 Å². The Morgan fingerprint density at radius 2 is 1.71 bits per heavy atom. The third-order valence-corrected chi connectivity index (χ3v) is 7.37. The van der Waals surface area contributed by atoms with E-state index >= 15 is 0 Å². The molecule has 0 bridgehead atoms. The maximum absolute atomic E-state index is 13.4. The molecule has 6 heteroatoms. The Bertz CT molecular complexity index is 1360. The zero-order valence-corrected chi connectivity index (χ0v) is 22.0. The summed E-state index contributed by atoms with van der Waals surface area (Å²) < 4.78 is 6.05. The first kappa shape index (κ1) is 25.7. The molecule has 6 nitrogen and oxygen atoms in total. The highest BCUT2D eigenvalue weighted by Crippen LogP contribution is 2.40. The highest BCUT2D eigenvalue weighted by atomic mass is 16.5. The first-order chi connectivity index (χ1) is 18.4. The predicted octanol–water partition coefficient (Wildman–Crippen LogP) is 5.13. The second-order valence-electron chi connectivity index (χ2n) is 10.3. The summed E-state index contributed by atoms with van der Waals surface area (Å²) in [6.45, 7) is 1.35. The number of carbonyl (C=O) groups excluding carboxylic acids is 2. The van der Waals surface area contributed by atoms with E-state index in [1.165, 1.54) is 11.1 Å². The van der Waals surface area contributed by atoms with Crippen molar-refractivity contribution in [3.05, 3.63) is 106 Å². The molecule has 1 aliphatic carbocycles. The average molecular weight is 511 g/mol. The van der Waals surface area contributed by atoms with Gasteiger partial charge in [-0.2, -0.15) is 0 Å². The summed E-state index contributed by atoms with van der Waals surface area (Å²) in [5, 5.41) is 11.5. The van der Waals surface area contributed by atoms with Crippen LogP contribution in [0.3, 0.4) is 0 Å². The van der Waals surface area contributed by atoms with Gasteiger partial charge in [-0.1, -0.05) is 54.6 Å². The van der Waals surface area contributed by atoms with Crippen molar-refractivity contribution in [3.8, 4) is 5.75 Å². The summed E-state index contributed by atoms with van der Waals surface area (Å²) in [6.07, 6.45) is 4.26. The molecule has 1 N–H and O–H groups in total. The summed E-state index contributed by atoms with van der Waals surface area (Å²) in [5.41, 5.74) is 4.98. The number of aliphatic hydroxyl groups excluding tert-OH is 1. The maximum atomic E-state index is 13.4. The van der Waals surface area contributed by atoms with Crippen LogP contribution >= 0.6 is 0 Å². The summed E-state index contributed by atoms with van der Waals surface area (Å²) >= 11 is 0. The largest absolute Gasteiger partial charge is 0.507 e. The van der Waals surface area contributed by atoms with Crippen LogP contribution in [0, 0.1) is 0 Å². The number of aryl methyl sites for hydroxylation is 2. The lowest BCUT2D eigenvalue weighted by molar-refractivity contribution is -0.140. The quantitative estimate of drug-likeness (QED) is 0.259. The van der Waals surface area contributed by atoms with Gasteiger partial charge in [-0.3, -0.25) is 9.59 Å². The van der Waals surface area contributed by atoms with Gasteiger partial charge in [0.15, 0.2) is 0 Å². The Balaban J connectivity index is 1.53. The lowest BCUT2D eigenvalue weighted by Crippen LogP contribution is -2.35. The molecule has 3 aromatic carbocycles. The van der Waals surface area contributed by atoms with Crippen molar-refractivity contribution in [2.24, 2.45) is 0 Å². The smallest absolute Gasteiger partial charge is 0.295 e. The van der Waals surface area contributed by atoms with E-state index in [0.717, 1.165) is 36.8 Å². The van der Waals surface area contributed by atoms with Crippen LogP contribution in [0.1, 0.15) is 46.7 Å². The van der Waals surface area contributed by atoms with Gasteiger partial charge in [0.05, 0.1) is 11.6 Å². The number of rotatable bonds is 8. The Kier molecular flexibility index (Phi) is 7.61. The Hall–Kier alpha value is -3.90. The van der Waals surface area contributed by atoms with Gasteiger partial charge in [0.1, 0.15) is 18.1 Å². The van der Waals surface area contributed by atoms with E-state index in [0.29, 0.717) is 31.0 Å². The lowest BCUT2D eigenvalue weighted by Gasteiger charge is -2.27. The number of nitrogens with zero attached hydrogens (tertiary/aromatic N) is 2. The van der Waals surface area contributed by atoms with Crippen molar-refractivity contribution >= 4 is 17.4 Å². The van der Waals surface area contributed by atoms with Crippen molar-refractivity contribution < 1.29 is 19.4 Å². The van der Waals surface area contributed by atoms with Crippen LogP contribution in [0.4, 0.5) is 0 Å². The first-order valence-corrected chi connectivity index (χ1v) is 13.2. The molecule has 1 amide bonds. The molecule has 38 heavy (non-hydrogen) atoms. The normalized spacial score (nSPS) is 18.6. The van der Waals surface area contributed by atoms with E-state index in [2.05, 4.69) is 0 Å². The van der Waals surface area contributed by atoms with E-state index in [1.807, 2.05) is 91.8 Å². The molecule has 196 valence electrons. The zero-order chi connectivity index (χ0) is 26.6. The van der Waals surface area contributed by atoms with Gasteiger partial charge < -0.3 is 19.6 Å². The molecule has 5 rings (SSSR count). The monoisotopic (exact) mass is 510 g/mol. The number of fused-ring (bicyclic) bond motifs is 1. The van der Waals surface area contributed by atoms with E-state index in [1.54, 1.807) is 4.90 Å². The third kappa shape index (κ3) is 5.36. The Labute approximate surface area is 224 Å². The third-order valence-electron chi connectivity index (χ3n) is 7.37. The van der Waals surface area contributed by atoms with Gasteiger partial charge >= 0.3 is 0 Å². The highest BCUT2D eigenvalue weighted by molar-refractivity contribution is 6.46. The molecule has 0 saturated carbocycles. The number of likely N-dealkylation sites (N-methyl/N-ethyl adjacent to an activating group) is 1. The maximum Gasteiger partial charge on any atom is 0.295 e. The molecule has 2 aliphatic rings. The number of hydrogen-bond acceptors (Lipinski definition) is 5. The number of ether oxygens (including phenoxy) is 1. The van der Waals surface area contributed by atoms with Crippen LogP contribution in [-0.2, 0) is 29.0 Å². The number of amides is 1. The molecule has 1 atom stereocenters. The van der Waals surface area contributed by atoms with Gasteiger partial charge in [0.25, 0.3) is 11.7 Å². The fourth-order valence-electron chi connectivity index (χ4n) is 5.32. The standard InChI is InChI=1S/C32H34N2O4/c1-33(2)17-18-34-29(25-13-8-14-27(20-25)38-21-22-9-4-3-5-10-22)28(31(36)32(34)37)30(35)26-16-15-23-11-6-7-12-24(23)19-26/h3-5,8-10,13-16,19-20,29,35H,6-7,11-12,17-18,21H2,1-2H3/b30-28-. The van der Waals surface area contributed by atoms with Crippen LogP contribution < -0.4 is 4.74 Å². The van der Waals surface area contributed by atoms with Crippen LogP contribution in [0.2, 0.25) is 0 Å². The Morgan fingerprint density at radius 1 is 0.947 bits per heavy atom. The fourth-order valence-corrected chi connectivity index (χ4v) is 5.32. The summed E-state index contributed by atoms with van der Waals surface area (Å²) in [7, 11) is 3.85. The zero-order valence-electron chi connectivity index (χ0n) is 22.0. The van der Waals surface area contributed by atoms with Crippen LogP contribution in [0.15, 0.2) is 78.4 Å². The molecular formula is C32H34N2O4. The number of Topliss-reactive ketones (excluding diaryl/α,β-unsaturated/α-hetero) is 1. The van der Waals surface area contributed by atoms with E-state index in [9.17, 15) is 14.7 Å². The molecule has 1 fully saturated rings. The van der Waals surface area contributed by atoms with Crippen molar-refractivity contribution in [3.63, 3.8) is 0 Å². The molecule has 1 saturated heterocycles. The van der Waals surface area contributed by atoms with Crippen molar-refractivity contribution in [2.45, 2.75) is 38.3 Å². The molecular weight excluding hydrogens is 476 g/mol. The van der Waals surface area contributed by atoms with Gasteiger partial charge in [-0.15, -0.1) is 0 Å². The predicted molar refractivity (Wildman–Crippen MR) is 148 cm³/mol. The molecule has 1 unspecified atom stereocenters. The Morgan fingerprint density at radius 3 is 2.47 bits per heavy atom. The molecule has 3 aromatic rings. The van der Waals surface area contributed by atoms with Crippen molar-refractivity contribution in [2.75, 3.05) is 27.2 Å². The number of likely N-dealkylation sites (tertiary alicyclic amines) is 1. The van der Waals surface area contributed by atoms with Crippen molar-refractivity contribution in [1.82, 2.24) is 9.80 Å². The highest BCUT2D eigenvalue weighted by Gasteiger charge is 2.46. The van der Waals surface area contributed by atoms with Gasteiger partial charge in [0, 0.05) is 18.7 Å². The van der Waals surface area contributed by atoms with Gasteiger partial charge in [-0.25, -0.2) is 0 Å². The minimum absolute atomic E-state index is 0.121. The number of benzene rings is 3. The number of hydrogen-bond donors (Lipinski definition) is 1. The summed E-state index contributed by atoms with van der Waals surface area (Å²) in [4.78, 5) is 30.2. The average Bonchev–Trinajstić information content (AvgIpc) is 3.20. The minimum Gasteiger partial charge on any atom is -0.507 e. The molecule has 0 spiro atoms. The molecule has 0 radical (unpaired) electrons. The minimum atomic E-state index is -0.703. The number of carbonyl (C=O) groups is 2. The lowest BCUT2D eigenvalue weighted by atomic mass is 9.88. The molecule has 0 aromatic heterocycles. The van der Waals surface area contributed by atoms with Gasteiger partial charge in [-0.05, 0) is 80.2 Å². The summed E-state index contributed by atoms with van der Waals surface area (Å²) in [6, 6.07) is 22.5. The van der Waals surface area contributed by atoms with E-state index in [4.69, 9.17) is 4.74 Å². The summed E-state index contributed by atoms with van der Waals surface area (Å²) in [5.74, 6) is -0.727. The topological polar surface area (TPSA) is 70.1 Å². The van der Waals surface area contributed by atoms with Crippen LogP contribution in [-0.4, -0.2) is 53.8 Å². The second kappa shape index (κ2) is 11.2. The first-order valence-electron chi connectivity index (χ1n) is 13.2. The second-order valence-corrected chi connectivity index (χ2v) is 10.3. The molecule has 1 heterocycles. The SMILES string of the molecule is CN(C)CCN1C(=O)C(=O)/C(=C(\O)c2ccc3c(c2)CCCC3)C1c1cccc(OCc2ccccc2)c1. The van der Waals surface area contributed by atoms with Crippen LogP contribution in [0.5, 0.6) is 5.75 Å². The van der Waals surface area contributed by atoms with Crippen LogP contribution in [0.25, 0.3) is 5.76 Å². The number of aliphatic hydroxyl groups is 1. The molecule has 1 aliphatic heterocycles.